The summed E-state index contributed by atoms with van der Waals surface area (Å²) in [7, 11) is 0. The lowest BCUT2D eigenvalue weighted by molar-refractivity contribution is -0.106. The molecule has 0 aromatic heterocycles. The van der Waals surface area contributed by atoms with Crippen LogP contribution in [0.3, 0.4) is 0 Å². The van der Waals surface area contributed by atoms with Gasteiger partial charge in [-0.05, 0) is 26.0 Å². The van der Waals surface area contributed by atoms with Crippen LogP contribution in [-0.4, -0.2) is 18.5 Å². The van der Waals surface area contributed by atoms with E-state index >= 15 is 0 Å². The van der Waals surface area contributed by atoms with Gasteiger partial charge in [-0.3, -0.25) is 4.79 Å². The smallest absolute Gasteiger partial charge is 0.328 e. The summed E-state index contributed by atoms with van der Waals surface area (Å²) in [4.78, 5) is 23.4. The highest BCUT2D eigenvalue weighted by molar-refractivity contribution is 6.05. The van der Waals surface area contributed by atoms with Gasteiger partial charge in [0.25, 0.3) is 0 Å². The molecule has 1 rings (SSSR count). The van der Waals surface area contributed by atoms with Gasteiger partial charge in [-0.25, -0.2) is 9.69 Å². The van der Waals surface area contributed by atoms with E-state index in [-0.39, 0.29) is 6.04 Å². The van der Waals surface area contributed by atoms with Gasteiger partial charge in [-0.2, -0.15) is 0 Å². The van der Waals surface area contributed by atoms with E-state index in [1.165, 1.54) is 0 Å². The predicted molar refractivity (Wildman–Crippen MR) is 58.7 cm³/mol. The summed E-state index contributed by atoms with van der Waals surface area (Å²) in [5.74, 6) is 0. The third-order valence-electron chi connectivity index (χ3n) is 1.77. The topological polar surface area (TPSA) is 49.4 Å². The monoisotopic (exact) mass is 206 g/mol. The molecule has 0 radical (unpaired) electrons. The highest BCUT2D eigenvalue weighted by Crippen LogP contribution is 2.11. The van der Waals surface area contributed by atoms with E-state index < -0.39 is 6.03 Å². The van der Waals surface area contributed by atoms with Crippen LogP contribution in [0.1, 0.15) is 13.8 Å². The Balaban J connectivity index is 2.81. The van der Waals surface area contributed by atoms with E-state index in [0.717, 1.165) is 4.90 Å². The minimum atomic E-state index is -0.411. The molecule has 4 nitrogen and oxygen atoms in total. The number of carbonyl (C=O) groups excluding carboxylic acids is 2. The number of nitrogens with zero attached hydrogens (tertiary/aromatic N) is 1. The summed E-state index contributed by atoms with van der Waals surface area (Å²) < 4.78 is 0. The molecule has 15 heavy (non-hydrogen) atoms. The molecule has 0 atom stereocenters. The summed E-state index contributed by atoms with van der Waals surface area (Å²) in [6.07, 6.45) is 0.507. The van der Waals surface area contributed by atoms with Crippen molar-refractivity contribution in [3.8, 4) is 0 Å². The van der Waals surface area contributed by atoms with Crippen LogP contribution in [0.2, 0.25) is 0 Å². The highest BCUT2D eigenvalue weighted by atomic mass is 16.2. The Morgan fingerprint density at radius 2 is 1.93 bits per heavy atom. The maximum absolute atomic E-state index is 11.6. The average molecular weight is 206 g/mol. The first-order valence-electron chi connectivity index (χ1n) is 4.75. The Kier molecular flexibility index (Phi) is 3.85. The highest BCUT2D eigenvalue weighted by Gasteiger charge is 2.14. The van der Waals surface area contributed by atoms with Gasteiger partial charge in [0.15, 0.2) is 0 Å². The van der Waals surface area contributed by atoms with Gasteiger partial charge >= 0.3 is 6.03 Å². The van der Waals surface area contributed by atoms with Gasteiger partial charge in [0.2, 0.25) is 6.41 Å². The number of hydrogen-bond acceptors (Lipinski definition) is 2. The molecule has 0 aliphatic heterocycles. The normalized spacial score (nSPS) is 9.80. The lowest BCUT2D eigenvalue weighted by Gasteiger charge is -2.17. The number of imide groups is 1. The van der Waals surface area contributed by atoms with E-state index in [1.54, 1.807) is 24.3 Å². The van der Waals surface area contributed by atoms with E-state index in [1.807, 2.05) is 19.9 Å². The molecule has 3 amide bonds. The lowest BCUT2D eigenvalue weighted by Crippen LogP contribution is -2.42. The number of para-hydroxylation sites is 1. The van der Waals surface area contributed by atoms with E-state index in [9.17, 15) is 9.59 Å². The molecule has 1 N–H and O–H groups in total. The van der Waals surface area contributed by atoms with Gasteiger partial charge in [0, 0.05) is 6.04 Å². The van der Waals surface area contributed by atoms with Crippen LogP contribution in [0.15, 0.2) is 30.3 Å². The van der Waals surface area contributed by atoms with Crippen molar-refractivity contribution in [1.82, 2.24) is 5.32 Å². The fourth-order valence-corrected chi connectivity index (χ4v) is 1.13. The van der Waals surface area contributed by atoms with Gasteiger partial charge < -0.3 is 5.32 Å². The van der Waals surface area contributed by atoms with E-state index in [4.69, 9.17) is 0 Å². The number of urea groups is 1. The van der Waals surface area contributed by atoms with Crippen LogP contribution in [0.25, 0.3) is 0 Å². The average Bonchev–Trinajstić information content (AvgIpc) is 2.19. The molecular weight excluding hydrogens is 192 g/mol. The Morgan fingerprint density at radius 3 is 2.40 bits per heavy atom. The fourth-order valence-electron chi connectivity index (χ4n) is 1.13. The molecule has 1 aromatic rings. The predicted octanol–water partition coefficient (Wildman–Crippen LogP) is 1.77. The van der Waals surface area contributed by atoms with Crippen molar-refractivity contribution in [2.45, 2.75) is 19.9 Å². The van der Waals surface area contributed by atoms with Crippen molar-refractivity contribution in [2.24, 2.45) is 0 Å². The Morgan fingerprint density at radius 1 is 1.33 bits per heavy atom. The fraction of sp³-hybridized carbons (Fsp3) is 0.273. The maximum Gasteiger partial charge on any atom is 0.328 e. The lowest BCUT2D eigenvalue weighted by atomic mass is 10.3. The molecule has 0 bridgehead atoms. The second kappa shape index (κ2) is 5.14. The number of rotatable bonds is 3. The first kappa shape index (κ1) is 11.2. The van der Waals surface area contributed by atoms with E-state index in [2.05, 4.69) is 5.32 Å². The molecule has 0 heterocycles. The van der Waals surface area contributed by atoms with Gasteiger partial charge in [0.05, 0.1) is 5.69 Å². The first-order chi connectivity index (χ1) is 7.15. The van der Waals surface area contributed by atoms with E-state index in [0.29, 0.717) is 12.1 Å². The second-order valence-corrected chi connectivity index (χ2v) is 3.42. The zero-order chi connectivity index (χ0) is 11.3. The van der Waals surface area contributed by atoms with Crippen LogP contribution in [0, 0.1) is 0 Å². The van der Waals surface area contributed by atoms with Crippen molar-refractivity contribution in [2.75, 3.05) is 4.90 Å². The zero-order valence-electron chi connectivity index (χ0n) is 8.81. The Labute approximate surface area is 88.9 Å². The Bertz CT molecular complexity index is 336. The van der Waals surface area contributed by atoms with Gasteiger partial charge in [-0.15, -0.1) is 0 Å². The first-order valence-corrected chi connectivity index (χ1v) is 4.75. The van der Waals surface area contributed by atoms with Crippen LogP contribution in [0.4, 0.5) is 10.5 Å². The summed E-state index contributed by atoms with van der Waals surface area (Å²) in [6, 6.07) is 8.37. The van der Waals surface area contributed by atoms with Crippen molar-refractivity contribution in [3.63, 3.8) is 0 Å². The quantitative estimate of drug-likeness (QED) is 0.766. The largest absolute Gasteiger partial charge is 0.335 e. The Hall–Kier alpha value is -1.84. The molecule has 0 unspecified atom stereocenters. The summed E-state index contributed by atoms with van der Waals surface area (Å²) in [5.41, 5.74) is 0.561. The number of benzene rings is 1. The second-order valence-electron chi connectivity index (χ2n) is 3.42. The number of anilines is 1. The molecule has 0 saturated heterocycles. The molecule has 0 aliphatic carbocycles. The zero-order valence-corrected chi connectivity index (χ0v) is 8.81. The molecule has 4 heteroatoms. The minimum Gasteiger partial charge on any atom is -0.335 e. The SMILES string of the molecule is CC(C)NC(=O)N(C=O)c1ccccc1. The third-order valence-corrected chi connectivity index (χ3v) is 1.77. The number of carbonyl (C=O) groups is 2. The van der Waals surface area contributed by atoms with Crippen molar-refractivity contribution in [3.05, 3.63) is 30.3 Å². The van der Waals surface area contributed by atoms with Gasteiger partial charge in [0.1, 0.15) is 0 Å². The van der Waals surface area contributed by atoms with Crippen molar-refractivity contribution >= 4 is 18.1 Å². The third kappa shape index (κ3) is 3.09. The van der Waals surface area contributed by atoms with Crippen LogP contribution in [-0.2, 0) is 4.79 Å². The molecule has 0 aliphatic rings. The van der Waals surface area contributed by atoms with Crippen molar-refractivity contribution < 1.29 is 9.59 Å². The summed E-state index contributed by atoms with van der Waals surface area (Å²) in [6.45, 7) is 3.68. The van der Waals surface area contributed by atoms with Crippen molar-refractivity contribution in [1.29, 1.82) is 0 Å². The molecule has 80 valence electrons. The molecule has 0 spiro atoms. The molecule has 1 aromatic carbocycles. The molecule has 0 saturated carbocycles. The summed E-state index contributed by atoms with van der Waals surface area (Å²) >= 11 is 0. The number of nitrogens with one attached hydrogen (secondary N) is 1. The number of amides is 3. The number of hydrogen-bond donors (Lipinski definition) is 1. The molecule has 0 fully saturated rings. The van der Waals surface area contributed by atoms with Crippen LogP contribution >= 0.6 is 0 Å². The van der Waals surface area contributed by atoms with Crippen LogP contribution < -0.4 is 10.2 Å². The van der Waals surface area contributed by atoms with Crippen LogP contribution in [0.5, 0.6) is 0 Å². The molecular formula is C11H14N2O2. The maximum atomic E-state index is 11.6. The minimum absolute atomic E-state index is 0.00339. The standard InChI is InChI=1S/C11H14N2O2/c1-9(2)12-11(15)13(8-14)10-6-4-3-5-7-10/h3-9H,1-2H3,(H,12,15). The summed E-state index contributed by atoms with van der Waals surface area (Å²) in [5, 5.41) is 2.65. The van der Waals surface area contributed by atoms with Gasteiger partial charge in [-0.1, -0.05) is 18.2 Å².